The van der Waals surface area contributed by atoms with E-state index in [1.165, 1.54) is 6.07 Å². The Bertz CT molecular complexity index is 604. The van der Waals surface area contributed by atoms with E-state index in [0.29, 0.717) is 12.0 Å². The number of hydrogen-bond acceptors (Lipinski definition) is 5. The van der Waals surface area contributed by atoms with Crippen LogP contribution in [0.2, 0.25) is 0 Å². The summed E-state index contributed by atoms with van der Waals surface area (Å²) in [4.78, 5) is 10.7. The summed E-state index contributed by atoms with van der Waals surface area (Å²) in [5.41, 5.74) is 6.63. The van der Waals surface area contributed by atoms with Crippen molar-refractivity contribution in [2.24, 2.45) is 5.50 Å². The van der Waals surface area contributed by atoms with Crippen LogP contribution in [0.5, 0.6) is 5.75 Å². The lowest BCUT2D eigenvalue weighted by molar-refractivity contribution is -0.385. The normalized spacial score (nSPS) is 14.6. The molecule has 1 rings (SSSR count). The van der Waals surface area contributed by atoms with Gasteiger partial charge in [-0.2, -0.15) is 0 Å². The van der Waals surface area contributed by atoms with E-state index in [0.717, 1.165) is 5.56 Å². The van der Waals surface area contributed by atoms with Gasteiger partial charge in [0.1, 0.15) is 0 Å². The van der Waals surface area contributed by atoms with Crippen LogP contribution in [0, 0.1) is 24.0 Å². The fourth-order valence-electron chi connectivity index (χ4n) is 1.74. The highest BCUT2D eigenvalue weighted by Crippen LogP contribution is 2.48. The van der Waals surface area contributed by atoms with Crippen molar-refractivity contribution in [1.29, 1.82) is 0 Å². The first kappa shape index (κ1) is 18.0. The van der Waals surface area contributed by atoms with E-state index < -0.39 is 17.2 Å². The third-order valence-corrected chi connectivity index (χ3v) is 4.67. The van der Waals surface area contributed by atoms with Crippen LogP contribution >= 0.6 is 6.64 Å². The topological polar surface area (TPSA) is 87.6 Å². The van der Waals surface area contributed by atoms with Gasteiger partial charge >= 0.3 is 12.3 Å². The SMILES string of the molecule is CCC(C)(C)OP(N)(=S)Oc1c(C)cc(C)cc1[N+](=O)[O-]. The molecule has 0 saturated heterocycles. The molecule has 0 saturated carbocycles. The van der Waals surface area contributed by atoms with Crippen molar-refractivity contribution in [3.8, 4) is 5.75 Å². The molecule has 1 atom stereocenters. The minimum absolute atomic E-state index is 0.0864. The third kappa shape index (κ3) is 5.04. The zero-order valence-electron chi connectivity index (χ0n) is 12.9. The molecule has 21 heavy (non-hydrogen) atoms. The largest absolute Gasteiger partial charge is 0.425 e. The van der Waals surface area contributed by atoms with Crippen LogP contribution in [0.1, 0.15) is 38.3 Å². The third-order valence-electron chi connectivity index (χ3n) is 3.04. The van der Waals surface area contributed by atoms with Crippen LogP contribution in [0.3, 0.4) is 0 Å². The standard InChI is InChI=1S/C13H21N2O4PS/c1-6-13(4,5)19-20(14,21)18-12-10(3)7-9(2)8-11(12)15(16)17/h7-8H,6H2,1-5H3,(H2,14,21). The highest BCUT2D eigenvalue weighted by molar-refractivity contribution is 8.09. The number of nitro groups is 1. The Morgan fingerprint density at radius 1 is 1.43 bits per heavy atom. The van der Waals surface area contributed by atoms with Gasteiger partial charge in [-0.15, -0.1) is 0 Å². The summed E-state index contributed by atoms with van der Waals surface area (Å²) in [6.45, 7) is 6.00. The minimum atomic E-state index is -3.13. The first-order valence-electron chi connectivity index (χ1n) is 6.52. The molecule has 1 aromatic carbocycles. The van der Waals surface area contributed by atoms with Gasteiger partial charge in [-0.1, -0.05) is 13.0 Å². The van der Waals surface area contributed by atoms with E-state index in [-0.39, 0.29) is 11.4 Å². The lowest BCUT2D eigenvalue weighted by Crippen LogP contribution is -2.25. The van der Waals surface area contributed by atoms with Crippen molar-refractivity contribution < 1.29 is 14.0 Å². The molecular weight excluding hydrogens is 311 g/mol. The zero-order chi connectivity index (χ0) is 16.4. The molecule has 0 aromatic heterocycles. The molecule has 0 aliphatic carbocycles. The molecule has 0 amide bonds. The minimum Gasteiger partial charge on any atom is -0.425 e. The summed E-state index contributed by atoms with van der Waals surface area (Å²) in [6.07, 6.45) is 0.695. The summed E-state index contributed by atoms with van der Waals surface area (Å²) >= 11 is 5.20. The van der Waals surface area contributed by atoms with Crippen molar-refractivity contribution in [1.82, 2.24) is 0 Å². The molecule has 1 aromatic rings. The summed E-state index contributed by atoms with van der Waals surface area (Å²) in [5.74, 6) is 0.0864. The monoisotopic (exact) mass is 332 g/mol. The number of hydrogen-bond donors (Lipinski definition) is 1. The number of rotatable bonds is 6. The molecule has 118 valence electrons. The summed E-state index contributed by atoms with van der Waals surface area (Å²) in [7, 11) is 0. The zero-order valence-corrected chi connectivity index (χ0v) is 14.6. The van der Waals surface area contributed by atoms with Crippen LogP contribution in [0.25, 0.3) is 0 Å². The van der Waals surface area contributed by atoms with E-state index in [9.17, 15) is 10.1 Å². The van der Waals surface area contributed by atoms with Crippen LogP contribution in [-0.4, -0.2) is 10.5 Å². The maximum Gasteiger partial charge on any atom is 0.311 e. The average molecular weight is 332 g/mol. The molecule has 0 heterocycles. The average Bonchev–Trinajstić information content (AvgIpc) is 2.30. The number of nitro benzene ring substituents is 1. The predicted octanol–water partition coefficient (Wildman–Crippen LogP) is 3.98. The van der Waals surface area contributed by atoms with Gasteiger partial charge < -0.3 is 9.05 Å². The first-order valence-corrected chi connectivity index (χ1v) is 9.23. The van der Waals surface area contributed by atoms with E-state index >= 15 is 0 Å². The van der Waals surface area contributed by atoms with E-state index in [1.807, 2.05) is 20.8 Å². The second kappa shape index (κ2) is 6.40. The van der Waals surface area contributed by atoms with E-state index in [4.69, 9.17) is 26.4 Å². The molecule has 0 radical (unpaired) electrons. The highest BCUT2D eigenvalue weighted by Gasteiger charge is 2.29. The maximum atomic E-state index is 11.2. The molecule has 0 fully saturated rings. The van der Waals surface area contributed by atoms with Gasteiger partial charge in [-0.05, 0) is 57.0 Å². The lowest BCUT2D eigenvalue weighted by Gasteiger charge is -2.29. The number of nitrogens with zero attached hydrogens (tertiary/aromatic N) is 1. The Balaban J connectivity index is 3.18. The summed E-state index contributed by atoms with van der Waals surface area (Å²) in [6, 6.07) is 3.21. The first-order chi connectivity index (χ1) is 9.47. The number of aryl methyl sites for hydroxylation is 2. The second-order valence-electron chi connectivity index (χ2n) is 5.52. The smallest absolute Gasteiger partial charge is 0.311 e. The molecule has 0 bridgehead atoms. The van der Waals surface area contributed by atoms with Crippen molar-refractivity contribution >= 4 is 24.1 Å². The Kier molecular flexibility index (Phi) is 5.50. The lowest BCUT2D eigenvalue weighted by atomic mass is 10.1. The Morgan fingerprint density at radius 3 is 2.48 bits per heavy atom. The maximum absolute atomic E-state index is 11.2. The quantitative estimate of drug-likeness (QED) is 0.481. The van der Waals surface area contributed by atoms with Crippen LogP contribution in [0.15, 0.2) is 12.1 Å². The highest BCUT2D eigenvalue weighted by atomic mass is 32.5. The molecule has 8 heteroatoms. The van der Waals surface area contributed by atoms with Crippen molar-refractivity contribution in [3.63, 3.8) is 0 Å². The van der Waals surface area contributed by atoms with E-state index in [2.05, 4.69) is 0 Å². The van der Waals surface area contributed by atoms with Crippen LogP contribution < -0.4 is 10.0 Å². The molecule has 2 N–H and O–H groups in total. The Labute approximate surface area is 130 Å². The molecular formula is C13H21N2O4PS. The number of benzene rings is 1. The molecule has 6 nitrogen and oxygen atoms in total. The second-order valence-corrected chi connectivity index (χ2v) is 8.49. The molecule has 0 aliphatic heterocycles. The van der Waals surface area contributed by atoms with Crippen LogP contribution in [-0.2, 0) is 16.3 Å². The molecule has 0 spiro atoms. The fourth-order valence-corrected chi connectivity index (χ4v) is 3.92. The molecule has 1 unspecified atom stereocenters. The Hall–Kier alpha value is -1.01. The van der Waals surface area contributed by atoms with Gasteiger partial charge in [-0.25, -0.2) is 5.50 Å². The number of nitrogens with two attached hydrogens (primary N) is 1. The van der Waals surface area contributed by atoms with Gasteiger partial charge in [0.05, 0.1) is 10.5 Å². The van der Waals surface area contributed by atoms with Gasteiger partial charge in [-0.3, -0.25) is 10.1 Å². The van der Waals surface area contributed by atoms with Gasteiger partial charge in [0, 0.05) is 6.07 Å². The summed E-state index contributed by atoms with van der Waals surface area (Å²) < 4.78 is 11.2. The summed E-state index contributed by atoms with van der Waals surface area (Å²) in [5, 5.41) is 11.2. The van der Waals surface area contributed by atoms with Crippen molar-refractivity contribution in [2.45, 2.75) is 46.6 Å². The molecule has 0 aliphatic rings. The van der Waals surface area contributed by atoms with E-state index in [1.54, 1.807) is 19.9 Å². The predicted molar refractivity (Wildman–Crippen MR) is 87.1 cm³/mol. The van der Waals surface area contributed by atoms with Crippen LogP contribution in [0.4, 0.5) is 5.69 Å². The van der Waals surface area contributed by atoms with Crippen molar-refractivity contribution in [3.05, 3.63) is 33.4 Å². The van der Waals surface area contributed by atoms with Gasteiger partial charge in [0.2, 0.25) is 5.75 Å². The Morgan fingerprint density at radius 2 is 2.00 bits per heavy atom. The van der Waals surface area contributed by atoms with Crippen molar-refractivity contribution in [2.75, 3.05) is 0 Å². The fraction of sp³-hybridized carbons (Fsp3) is 0.538. The van der Waals surface area contributed by atoms with Gasteiger partial charge in [0.25, 0.3) is 0 Å². The van der Waals surface area contributed by atoms with Gasteiger partial charge in [0.15, 0.2) is 0 Å².